The number of Topliss-reactive ketones (excluding diaryl/α,β-unsaturated/α-hetero) is 1. The lowest BCUT2D eigenvalue weighted by molar-refractivity contribution is 0.0993. The first-order valence-corrected chi connectivity index (χ1v) is 9.11. The quantitative estimate of drug-likeness (QED) is 0.453. The Bertz CT molecular complexity index is 898. The summed E-state index contributed by atoms with van der Waals surface area (Å²) in [6.07, 6.45) is 2.18. The Hall–Kier alpha value is -2.45. The van der Waals surface area contributed by atoms with Crippen LogP contribution in [0.15, 0.2) is 66.7 Å². The molecule has 3 heteroatoms. The summed E-state index contributed by atoms with van der Waals surface area (Å²) >= 11 is 5.87. The van der Waals surface area contributed by atoms with Gasteiger partial charge in [-0.05, 0) is 41.3 Å². The maximum absolute atomic E-state index is 14.4. The summed E-state index contributed by atoms with van der Waals surface area (Å²) in [5.74, 6) is -0.200. The van der Waals surface area contributed by atoms with Crippen LogP contribution in [0.1, 0.15) is 34.8 Å². The molecule has 0 saturated carbocycles. The van der Waals surface area contributed by atoms with Crippen LogP contribution < -0.4 is 0 Å². The van der Waals surface area contributed by atoms with Crippen molar-refractivity contribution in [1.29, 1.82) is 0 Å². The smallest absolute Gasteiger partial charge is 0.167 e. The van der Waals surface area contributed by atoms with Crippen LogP contribution in [0, 0.1) is 5.82 Å². The molecular formula is C23H20ClFO. The molecule has 26 heavy (non-hydrogen) atoms. The molecule has 0 aliphatic heterocycles. The van der Waals surface area contributed by atoms with Gasteiger partial charge < -0.3 is 0 Å². The van der Waals surface area contributed by atoms with E-state index in [-0.39, 0.29) is 11.6 Å². The molecular weight excluding hydrogens is 347 g/mol. The molecule has 3 aromatic rings. The predicted octanol–water partition coefficient (Wildman–Crippen LogP) is 6.52. The van der Waals surface area contributed by atoms with Gasteiger partial charge in [0.2, 0.25) is 0 Å². The van der Waals surface area contributed by atoms with Crippen molar-refractivity contribution in [3.8, 4) is 11.1 Å². The molecule has 1 nitrogen and oxygen atoms in total. The summed E-state index contributed by atoms with van der Waals surface area (Å²) in [4.78, 5) is 12.4. The van der Waals surface area contributed by atoms with Crippen molar-refractivity contribution in [2.45, 2.75) is 26.2 Å². The first-order valence-electron chi connectivity index (χ1n) is 8.73. The van der Waals surface area contributed by atoms with Gasteiger partial charge in [-0.1, -0.05) is 73.5 Å². The van der Waals surface area contributed by atoms with E-state index in [0.29, 0.717) is 22.6 Å². The van der Waals surface area contributed by atoms with Crippen LogP contribution in [0.2, 0.25) is 5.02 Å². The van der Waals surface area contributed by atoms with Crippen molar-refractivity contribution in [3.05, 3.63) is 94.3 Å². The molecule has 0 aromatic heterocycles. The van der Waals surface area contributed by atoms with Gasteiger partial charge in [-0.25, -0.2) is 4.39 Å². The van der Waals surface area contributed by atoms with E-state index >= 15 is 0 Å². The highest BCUT2D eigenvalue weighted by Gasteiger charge is 2.10. The molecule has 0 unspecified atom stereocenters. The average Bonchev–Trinajstić information content (AvgIpc) is 2.64. The zero-order chi connectivity index (χ0) is 18.5. The zero-order valence-corrected chi connectivity index (χ0v) is 15.4. The van der Waals surface area contributed by atoms with Gasteiger partial charge in [-0.3, -0.25) is 4.79 Å². The van der Waals surface area contributed by atoms with Crippen LogP contribution in [-0.4, -0.2) is 5.78 Å². The Balaban J connectivity index is 1.75. The monoisotopic (exact) mass is 366 g/mol. The van der Waals surface area contributed by atoms with Crippen molar-refractivity contribution >= 4 is 17.4 Å². The number of carbonyl (C=O) groups excluding carboxylic acids is 1. The molecule has 0 N–H and O–H groups in total. The van der Waals surface area contributed by atoms with Crippen LogP contribution in [0.4, 0.5) is 4.39 Å². The molecule has 0 atom stereocenters. The van der Waals surface area contributed by atoms with Gasteiger partial charge >= 0.3 is 0 Å². The third-order valence-electron chi connectivity index (χ3n) is 4.37. The van der Waals surface area contributed by atoms with Crippen molar-refractivity contribution in [2.75, 3.05) is 0 Å². The highest BCUT2D eigenvalue weighted by atomic mass is 35.5. The fraction of sp³-hybridized carbons (Fsp3) is 0.174. The summed E-state index contributed by atoms with van der Waals surface area (Å²) in [6, 6.07) is 19.7. The minimum atomic E-state index is -0.226. The molecule has 132 valence electrons. The zero-order valence-electron chi connectivity index (χ0n) is 14.6. The number of hydrogen-bond acceptors (Lipinski definition) is 1. The molecule has 0 heterocycles. The van der Waals surface area contributed by atoms with Gasteiger partial charge in [0, 0.05) is 22.6 Å². The summed E-state index contributed by atoms with van der Waals surface area (Å²) in [5, 5.41) is 0.650. The molecule has 0 saturated heterocycles. The number of carbonyl (C=O) groups is 1. The number of aryl methyl sites for hydroxylation is 1. The normalized spacial score (nSPS) is 10.7. The van der Waals surface area contributed by atoms with E-state index in [1.807, 2.05) is 24.3 Å². The highest BCUT2D eigenvalue weighted by Crippen LogP contribution is 2.25. The summed E-state index contributed by atoms with van der Waals surface area (Å²) in [6.45, 7) is 2.07. The Morgan fingerprint density at radius 3 is 2.19 bits per heavy atom. The first-order chi connectivity index (χ1) is 12.6. The minimum Gasteiger partial charge on any atom is -0.294 e. The van der Waals surface area contributed by atoms with E-state index in [0.717, 1.165) is 29.5 Å². The third kappa shape index (κ3) is 4.39. The van der Waals surface area contributed by atoms with Gasteiger partial charge in [0.1, 0.15) is 5.82 Å². The number of ketones is 1. The van der Waals surface area contributed by atoms with Crippen molar-refractivity contribution in [2.24, 2.45) is 0 Å². The van der Waals surface area contributed by atoms with Gasteiger partial charge in [0.15, 0.2) is 5.78 Å². The van der Waals surface area contributed by atoms with Crippen molar-refractivity contribution < 1.29 is 9.18 Å². The standard InChI is InChI=1S/C23H20ClFO/c1-2-3-16-6-13-21(22(25)14-16)18-7-9-19(10-8-18)23(26)15-17-4-11-20(24)12-5-17/h4-14H,2-3,15H2,1H3. The van der Waals surface area contributed by atoms with Crippen molar-refractivity contribution in [1.82, 2.24) is 0 Å². The SMILES string of the molecule is CCCc1ccc(-c2ccc(C(=O)Cc3ccc(Cl)cc3)cc2)c(F)c1. The van der Waals surface area contributed by atoms with Crippen LogP contribution in [-0.2, 0) is 12.8 Å². The fourth-order valence-corrected chi connectivity index (χ4v) is 3.09. The third-order valence-corrected chi connectivity index (χ3v) is 4.62. The minimum absolute atomic E-state index is 0.0256. The second kappa shape index (κ2) is 8.29. The lowest BCUT2D eigenvalue weighted by atomic mass is 9.98. The van der Waals surface area contributed by atoms with Gasteiger partial charge in [0.25, 0.3) is 0 Å². The fourth-order valence-electron chi connectivity index (χ4n) is 2.96. The van der Waals surface area contributed by atoms with Gasteiger partial charge in [0.05, 0.1) is 0 Å². The summed E-state index contributed by atoms with van der Waals surface area (Å²) in [7, 11) is 0. The van der Waals surface area contributed by atoms with Gasteiger partial charge in [-0.15, -0.1) is 0 Å². The topological polar surface area (TPSA) is 17.1 Å². The van der Waals surface area contributed by atoms with E-state index < -0.39 is 0 Å². The Morgan fingerprint density at radius 1 is 0.923 bits per heavy atom. The molecule has 3 rings (SSSR count). The maximum atomic E-state index is 14.4. The molecule has 3 aromatic carbocycles. The van der Waals surface area contributed by atoms with E-state index in [1.54, 1.807) is 42.5 Å². The largest absolute Gasteiger partial charge is 0.294 e. The predicted molar refractivity (Wildman–Crippen MR) is 105 cm³/mol. The second-order valence-corrected chi connectivity index (χ2v) is 6.80. The summed E-state index contributed by atoms with van der Waals surface area (Å²) < 4.78 is 14.4. The second-order valence-electron chi connectivity index (χ2n) is 6.37. The van der Waals surface area contributed by atoms with Crippen LogP contribution in [0.25, 0.3) is 11.1 Å². The van der Waals surface area contributed by atoms with E-state index in [4.69, 9.17) is 11.6 Å². The molecule has 0 spiro atoms. The Labute approximate surface area is 158 Å². The van der Waals surface area contributed by atoms with Crippen LogP contribution in [0.3, 0.4) is 0 Å². The number of hydrogen-bond donors (Lipinski definition) is 0. The number of rotatable bonds is 6. The molecule has 0 radical (unpaired) electrons. The first kappa shape index (κ1) is 18.3. The van der Waals surface area contributed by atoms with Crippen molar-refractivity contribution in [3.63, 3.8) is 0 Å². The van der Waals surface area contributed by atoms with E-state index in [9.17, 15) is 9.18 Å². The van der Waals surface area contributed by atoms with Gasteiger partial charge in [-0.2, -0.15) is 0 Å². The average molecular weight is 367 g/mol. The molecule has 0 amide bonds. The van der Waals surface area contributed by atoms with E-state index in [1.165, 1.54) is 0 Å². The Kier molecular flexibility index (Phi) is 5.85. The Morgan fingerprint density at radius 2 is 1.58 bits per heavy atom. The molecule has 0 fully saturated rings. The van der Waals surface area contributed by atoms with Crippen LogP contribution in [0.5, 0.6) is 0 Å². The maximum Gasteiger partial charge on any atom is 0.167 e. The number of benzene rings is 3. The van der Waals surface area contributed by atoms with Crippen LogP contribution >= 0.6 is 11.6 Å². The van der Waals surface area contributed by atoms with E-state index in [2.05, 4.69) is 6.92 Å². The summed E-state index contributed by atoms with van der Waals surface area (Å²) in [5.41, 5.74) is 3.87. The molecule has 0 aliphatic carbocycles. The molecule has 0 bridgehead atoms. The number of halogens is 2. The highest BCUT2D eigenvalue weighted by molar-refractivity contribution is 6.30. The molecule has 0 aliphatic rings. The lowest BCUT2D eigenvalue weighted by Crippen LogP contribution is -2.03. The lowest BCUT2D eigenvalue weighted by Gasteiger charge is -2.07.